The summed E-state index contributed by atoms with van der Waals surface area (Å²) in [7, 11) is -4.93. The third-order valence-electron chi connectivity index (χ3n) is 5.08. The molecule has 0 spiro atoms. The molecule has 1 aromatic rings. The van der Waals surface area contributed by atoms with Gasteiger partial charge in [-0.2, -0.15) is 13.5 Å². The van der Waals surface area contributed by atoms with Gasteiger partial charge in [0.25, 0.3) is 0 Å². The van der Waals surface area contributed by atoms with E-state index in [1.165, 1.54) is 6.08 Å². The van der Waals surface area contributed by atoms with Gasteiger partial charge in [-0.05, 0) is 30.2 Å². The average molecular weight is 431 g/mol. The van der Waals surface area contributed by atoms with Crippen LogP contribution in [0.3, 0.4) is 0 Å². The Balaban J connectivity index is 0.00000240. The summed E-state index contributed by atoms with van der Waals surface area (Å²) >= 11 is 0. The van der Waals surface area contributed by atoms with Crippen molar-refractivity contribution in [2.75, 3.05) is 6.54 Å². The molecule has 2 saturated heterocycles. The summed E-state index contributed by atoms with van der Waals surface area (Å²) in [6, 6.07) is 3.67. The van der Waals surface area contributed by atoms with Crippen molar-refractivity contribution in [3.63, 3.8) is 0 Å². The van der Waals surface area contributed by atoms with Crippen LogP contribution in [0.5, 0.6) is 0 Å². The monoisotopic (exact) mass is 431 g/mol. The Labute approximate surface area is 186 Å². The van der Waals surface area contributed by atoms with Crippen LogP contribution in [0.4, 0.5) is 4.79 Å². The van der Waals surface area contributed by atoms with Crippen LogP contribution in [0.25, 0.3) is 6.08 Å². The number of nitrogens with zero attached hydrogens (tertiary/aromatic N) is 3. The molecule has 148 valence electrons. The van der Waals surface area contributed by atoms with Crippen LogP contribution in [0, 0.1) is 0 Å². The summed E-state index contributed by atoms with van der Waals surface area (Å²) in [6.07, 6.45) is 1.44. The first-order valence-electron chi connectivity index (χ1n) is 8.33. The first kappa shape index (κ1) is 21.9. The zero-order valence-electron chi connectivity index (χ0n) is 15.2. The quantitative estimate of drug-likeness (QED) is 0.274. The number of fused-ring (bicyclic) bond motifs is 3. The number of piperidine rings is 1. The predicted octanol–water partition coefficient (Wildman–Crippen LogP) is -5.83. The fourth-order valence-corrected chi connectivity index (χ4v) is 4.24. The SMILES string of the molecule is O=C1N2C[C@@H](CC[C@H]2C(=O)C2(C(=O)[O-])C=c3ccccc3=N2)N1OS(=O)(=O)O.[Na+]. The zero-order valence-corrected chi connectivity index (χ0v) is 18.0. The first-order chi connectivity index (χ1) is 13.1. The van der Waals surface area contributed by atoms with Crippen LogP contribution >= 0.6 is 0 Å². The topological polar surface area (TPSA) is 157 Å². The molecule has 4 rings (SSSR count). The van der Waals surface area contributed by atoms with Crippen LogP contribution in [-0.4, -0.2) is 64.9 Å². The van der Waals surface area contributed by atoms with Gasteiger partial charge in [0, 0.05) is 6.54 Å². The zero-order chi connectivity index (χ0) is 20.3. The average Bonchev–Trinajstić information content (AvgIpc) is 3.13. The molecule has 2 amide bonds. The van der Waals surface area contributed by atoms with E-state index in [0.717, 1.165) is 4.90 Å². The van der Waals surface area contributed by atoms with Gasteiger partial charge in [-0.3, -0.25) is 14.3 Å². The van der Waals surface area contributed by atoms with Crippen LogP contribution in [-0.2, 0) is 24.3 Å². The molecule has 1 aromatic carbocycles. The van der Waals surface area contributed by atoms with E-state index >= 15 is 0 Å². The van der Waals surface area contributed by atoms with Crippen LogP contribution in [0.2, 0.25) is 0 Å². The maximum Gasteiger partial charge on any atom is 1.00 e. The fourth-order valence-electron chi connectivity index (χ4n) is 3.85. The second kappa shape index (κ2) is 7.45. The first-order valence-corrected chi connectivity index (χ1v) is 9.69. The van der Waals surface area contributed by atoms with E-state index in [2.05, 4.69) is 9.28 Å². The van der Waals surface area contributed by atoms with Crippen molar-refractivity contribution in [1.29, 1.82) is 0 Å². The summed E-state index contributed by atoms with van der Waals surface area (Å²) in [4.78, 5) is 42.7. The summed E-state index contributed by atoms with van der Waals surface area (Å²) in [5.74, 6) is -2.57. The smallest absolute Gasteiger partial charge is 0.547 e. The second-order valence-corrected chi connectivity index (χ2v) is 7.75. The van der Waals surface area contributed by atoms with Gasteiger partial charge in [0.05, 0.1) is 23.4 Å². The minimum Gasteiger partial charge on any atom is -0.547 e. The third-order valence-corrected chi connectivity index (χ3v) is 5.43. The molecule has 0 saturated carbocycles. The van der Waals surface area contributed by atoms with Crippen LogP contribution in [0.15, 0.2) is 29.3 Å². The number of para-hydroxylation sites is 1. The molecule has 1 N–H and O–H groups in total. The van der Waals surface area contributed by atoms with Gasteiger partial charge in [-0.15, -0.1) is 4.28 Å². The fraction of sp³-hybridized carbons (Fsp3) is 0.375. The number of amides is 2. The molecule has 3 aliphatic heterocycles. The van der Waals surface area contributed by atoms with E-state index in [4.69, 9.17) is 4.55 Å². The second-order valence-electron chi connectivity index (χ2n) is 6.74. The Morgan fingerprint density at radius 1 is 1.28 bits per heavy atom. The van der Waals surface area contributed by atoms with Crippen molar-refractivity contribution in [1.82, 2.24) is 9.96 Å². The van der Waals surface area contributed by atoms with Crippen molar-refractivity contribution in [3.8, 4) is 0 Å². The van der Waals surface area contributed by atoms with Gasteiger partial charge in [-0.1, -0.05) is 18.2 Å². The number of hydrogen-bond donors (Lipinski definition) is 1. The summed E-state index contributed by atoms with van der Waals surface area (Å²) in [5, 5.41) is 13.2. The molecule has 0 aromatic heterocycles. The van der Waals surface area contributed by atoms with Gasteiger partial charge in [0.1, 0.15) is 0 Å². The normalized spacial score (nSPS) is 27.6. The summed E-state index contributed by atoms with van der Waals surface area (Å²) < 4.78 is 35.1. The van der Waals surface area contributed by atoms with E-state index in [-0.39, 0.29) is 48.9 Å². The number of Topliss-reactive ketones (excluding diaryl/α,β-unsaturated/α-hetero) is 1. The van der Waals surface area contributed by atoms with Gasteiger partial charge < -0.3 is 14.8 Å². The van der Waals surface area contributed by atoms with E-state index in [9.17, 15) is 27.9 Å². The number of ketones is 1. The number of benzene rings is 1. The van der Waals surface area contributed by atoms with Crippen molar-refractivity contribution in [2.24, 2.45) is 4.99 Å². The van der Waals surface area contributed by atoms with Crippen molar-refractivity contribution in [3.05, 3.63) is 34.8 Å². The molecule has 11 nitrogen and oxygen atoms in total. The number of carboxylic acids is 1. The minimum atomic E-state index is -4.93. The number of carbonyl (C=O) groups is 3. The Bertz CT molecular complexity index is 1090. The Kier molecular flexibility index (Phi) is 5.62. The molecular weight excluding hydrogens is 417 g/mol. The van der Waals surface area contributed by atoms with E-state index < -0.39 is 45.8 Å². The molecule has 2 fully saturated rings. The number of carboxylic acid groups (broad SMARTS) is 1. The maximum atomic E-state index is 13.2. The molecule has 1 unspecified atom stereocenters. The number of aliphatic carboxylic acids is 1. The summed E-state index contributed by atoms with van der Waals surface area (Å²) in [6.45, 7) is -0.0547. The van der Waals surface area contributed by atoms with Crippen molar-refractivity contribution < 1.29 is 66.3 Å². The molecule has 3 heterocycles. The Hall–Kier alpha value is -1.83. The van der Waals surface area contributed by atoms with Crippen LogP contribution < -0.4 is 45.2 Å². The standard InChI is InChI=1S/C16H15N3O8S.Na/c20-13(16(14(21)22)7-9-3-1-2-4-11(9)17-16)12-6-5-10-8-18(12)15(23)19(10)27-28(24,25)26;/h1-4,7,10,12H,5-6,8H2,(H,21,22)(H,24,25,26);/q;+1/p-1/t10-,12+,16?;/m1./s1. The van der Waals surface area contributed by atoms with Crippen LogP contribution in [0.1, 0.15) is 12.8 Å². The van der Waals surface area contributed by atoms with Crippen molar-refractivity contribution in [2.45, 2.75) is 30.5 Å². The predicted molar refractivity (Wildman–Crippen MR) is 87.8 cm³/mol. The van der Waals surface area contributed by atoms with Crippen molar-refractivity contribution >= 4 is 34.3 Å². The molecule has 0 aliphatic carbocycles. The van der Waals surface area contributed by atoms with E-state index in [1.807, 2.05) is 0 Å². The van der Waals surface area contributed by atoms with Gasteiger partial charge >= 0.3 is 46.0 Å². The molecular formula is C16H14N3NaO8S. The van der Waals surface area contributed by atoms with E-state index in [0.29, 0.717) is 15.6 Å². The third kappa shape index (κ3) is 3.60. The molecule has 13 heteroatoms. The molecule has 0 radical (unpaired) electrons. The van der Waals surface area contributed by atoms with Gasteiger partial charge in [0.2, 0.25) is 0 Å². The molecule has 2 bridgehead atoms. The summed E-state index contributed by atoms with van der Waals surface area (Å²) in [5.41, 5.74) is -2.28. The Morgan fingerprint density at radius 2 is 1.97 bits per heavy atom. The minimum absolute atomic E-state index is 0. The van der Waals surface area contributed by atoms with Gasteiger partial charge in [0.15, 0.2) is 11.3 Å². The number of hydrogen-bond acceptors (Lipinski definition) is 8. The molecule has 3 aliphatic rings. The number of carbonyl (C=O) groups excluding carboxylic acids is 3. The van der Waals surface area contributed by atoms with E-state index in [1.54, 1.807) is 24.3 Å². The molecule has 3 atom stereocenters. The maximum absolute atomic E-state index is 13.2. The molecule has 29 heavy (non-hydrogen) atoms. The number of urea groups is 1. The Morgan fingerprint density at radius 3 is 2.59 bits per heavy atom. The van der Waals surface area contributed by atoms with Gasteiger partial charge in [-0.25, -0.2) is 4.79 Å². The largest absolute Gasteiger partial charge is 1.00 e. The number of hydroxylamine groups is 2. The number of rotatable bonds is 5.